The normalized spacial score (nSPS) is 16.4. The molecule has 0 aliphatic carbocycles. The van der Waals surface area contributed by atoms with E-state index < -0.39 is 0 Å². The molecule has 0 bridgehead atoms. The van der Waals surface area contributed by atoms with Gasteiger partial charge in [-0.05, 0) is 30.7 Å². The fraction of sp³-hybridized carbons (Fsp3) is 0.261. The smallest absolute Gasteiger partial charge is 0.121 e. The van der Waals surface area contributed by atoms with E-state index in [9.17, 15) is 4.79 Å². The van der Waals surface area contributed by atoms with Gasteiger partial charge in [-0.3, -0.25) is 4.98 Å². The molecule has 2 heterocycles. The number of hydrogen-bond acceptors (Lipinski definition) is 3. The van der Waals surface area contributed by atoms with Gasteiger partial charge in [0.1, 0.15) is 5.94 Å². The molecule has 0 saturated heterocycles. The van der Waals surface area contributed by atoms with Gasteiger partial charge in [0.15, 0.2) is 0 Å². The lowest BCUT2D eigenvalue weighted by Crippen LogP contribution is -2.39. The van der Waals surface area contributed by atoms with Crippen molar-refractivity contribution in [3.05, 3.63) is 78.5 Å². The molecule has 1 aromatic heterocycles. The monoisotopic (exact) mass is 472 g/mol. The number of benzene rings is 2. The van der Waals surface area contributed by atoms with Gasteiger partial charge in [0.05, 0.1) is 5.52 Å². The topological polar surface area (TPSA) is 33.2 Å². The summed E-state index contributed by atoms with van der Waals surface area (Å²) < 4.78 is 0. The molecule has 1 aliphatic rings. The van der Waals surface area contributed by atoms with Crippen molar-refractivity contribution in [2.75, 3.05) is 11.4 Å². The first-order chi connectivity index (χ1) is 12.6. The maximum absolute atomic E-state index is 10.3. The van der Waals surface area contributed by atoms with Crippen molar-refractivity contribution in [1.29, 1.82) is 0 Å². The average Bonchev–Trinajstić information content (AvgIpc) is 2.87. The predicted molar refractivity (Wildman–Crippen MR) is 124 cm³/mol. The highest BCUT2D eigenvalue weighted by atomic mass is 127. The first-order valence-corrected chi connectivity index (χ1v) is 8.91. The van der Waals surface area contributed by atoms with Gasteiger partial charge in [-0.15, -0.1) is 24.0 Å². The Kier molecular flexibility index (Phi) is 7.17. The number of halogens is 1. The summed E-state index contributed by atoms with van der Waals surface area (Å²) in [4.78, 5) is 16.8. The number of aromatic nitrogens is 1. The van der Waals surface area contributed by atoms with E-state index in [-0.39, 0.29) is 29.4 Å². The Hall–Kier alpha value is -2.17. The van der Waals surface area contributed by atoms with Gasteiger partial charge in [0, 0.05) is 41.3 Å². The van der Waals surface area contributed by atoms with E-state index in [1.165, 1.54) is 16.6 Å². The molecule has 4 rings (SSSR count). The molecular weight excluding hydrogens is 447 g/mol. The molecule has 3 aromatic rings. The third-order valence-corrected chi connectivity index (χ3v) is 5.30. The largest absolute Gasteiger partial charge is 0.363 e. The molecule has 1 unspecified atom stereocenters. The Balaban J connectivity index is 0.000000205. The third-order valence-electron chi connectivity index (χ3n) is 5.30. The second-order valence-electron chi connectivity index (χ2n) is 7.09. The minimum absolute atomic E-state index is 0. The van der Waals surface area contributed by atoms with Crippen LogP contribution < -0.4 is 4.90 Å². The Morgan fingerprint density at radius 1 is 1.07 bits per heavy atom. The quantitative estimate of drug-likeness (QED) is 0.369. The second kappa shape index (κ2) is 9.16. The van der Waals surface area contributed by atoms with Crippen LogP contribution >= 0.6 is 24.0 Å². The highest BCUT2D eigenvalue weighted by Gasteiger charge is 2.40. The molecule has 0 N–H and O–H groups in total. The maximum Gasteiger partial charge on any atom is 0.121 e. The molecule has 0 fully saturated rings. The number of anilines is 1. The molecule has 140 valence electrons. The molecular formula is C23H25IN2O. The van der Waals surface area contributed by atoms with Crippen LogP contribution in [0.1, 0.15) is 26.3 Å². The number of rotatable bonds is 2. The van der Waals surface area contributed by atoms with Crippen LogP contribution in [0, 0.1) is 0 Å². The Morgan fingerprint density at radius 2 is 1.74 bits per heavy atom. The van der Waals surface area contributed by atoms with E-state index in [1.807, 2.05) is 42.5 Å². The first-order valence-electron chi connectivity index (χ1n) is 8.91. The summed E-state index contributed by atoms with van der Waals surface area (Å²) in [6, 6.07) is 20.9. The predicted octanol–water partition coefficient (Wildman–Crippen LogP) is 5.41. The Morgan fingerprint density at radius 3 is 2.48 bits per heavy atom. The van der Waals surface area contributed by atoms with Crippen molar-refractivity contribution in [1.82, 2.24) is 4.98 Å². The van der Waals surface area contributed by atoms with E-state index in [1.54, 1.807) is 6.08 Å². The molecule has 2 aromatic carbocycles. The zero-order valence-corrected chi connectivity index (χ0v) is 18.3. The second-order valence-corrected chi connectivity index (χ2v) is 7.09. The first kappa shape index (κ1) is 21.1. The van der Waals surface area contributed by atoms with Crippen LogP contribution in [-0.4, -0.2) is 23.5 Å². The van der Waals surface area contributed by atoms with Gasteiger partial charge < -0.3 is 4.90 Å². The Bertz CT molecular complexity index is 882. The number of nitrogens with zero attached hydrogens (tertiary/aromatic N) is 2. The standard InChI is InChI=1S/C14H17NO.C9H7N.HI/c1-11-14(2,3)12-7-4-5-8-13(12)15(11)9-6-10-16;1-2-6-9-8(4-1)5-3-7-10-9;/h4-8,11H,9H2,1-3H3;1-7H;1H. The van der Waals surface area contributed by atoms with Crippen molar-refractivity contribution in [3.63, 3.8) is 0 Å². The fourth-order valence-corrected chi connectivity index (χ4v) is 3.50. The van der Waals surface area contributed by atoms with Crippen molar-refractivity contribution in [2.45, 2.75) is 32.2 Å². The van der Waals surface area contributed by atoms with Crippen LogP contribution in [-0.2, 0) is 10.2 Å². The van der Waals surface area contributed by atoms with Gasteiger partial charge in [-0.2, -0.15) is 0 Å². The van der Waals surface area contributed by atoms with Gasteiger partial charge in [0.25, 0.3) is 0 Å². The minimum Gasteiger partial charge on any atom is -0.363 e. The van der Waals surface area contributed by atoms with E-state index in [4.69, 9.17) is 0 Å². The van der Waals surface area contributed by atoms with E-state index in [0.717, 1.165) is 5.52 Å². The fourth-order valence-electron chi connectivity index (χ4n) is 3.50. The highest BCUT2D eigenvalue weighted by molar-refractivity contribution is 14.0. The van der Waals surface area contributed by atoms with Crippen molar-refractivity contribution in [2.24, 2.45) is 0 Å². The average molecular weight is 472 g/mol. The van der Waals surface area contributed by atoms with Gasteiger partial charge in [-0.25, -0.2) is 4.79 Å². The minimum atomic E-state index is 0. The van der Waals surface area contributed by atoms with Gasteiger partial charge in [-0.1, -0.05) is 56.3 Å². The molecule has 1 aliphatic heterocycles. The van der Waals surface area contributed by atoms with Crippen LogP contribution in [0.2, 0.25) is 0 Å². The van der Waals surface area contributed by atoms with Gasteiger partial charge in [0.2, 0.25) is 0 Å². The molecule has 3 nitrogen and oxygen atoms in total. The van der Waals surface area contributed by atoms with Crippen molar-refractivity contribution < 1.29 is 4.79 Å². The number of pyridine rings is 1. The van der Waals surface area contributed by atoms with E-state index in [2.05, 4.69) is 61.0 Å². The lowest BCUT2D eigenvalue weighted by Gasteiger charge is -2.30. The number of fused-ring (bicyclic) bond motifs is 2. The Labute approximate surface area is 178 Å². The molecule has 27 heavy (non-hydrogen) atoms. The maximum atomic E-state index is 10.3. The van der Waals surface area contributed by atoms with Crippen LogP contribution in [0.3, 0.4) is 0 Å². The molecule has 1 atom stereocenters. The SMILES string of the molecule is CC1N(CC=C=O)c2ccccc2C1(C)C.I.c1ccc2ncccc2c1. The number of hydrogen-bond donors (Lipinski definition) is 0. The van der Waals surface area contributed by atoms with Crippen LogP contribution in [0.5, 0.6) is 0 Å². The summed E-state index contributed by atoms with van der Waals surface area (Å²) in [6.07, 6.45) is 3.36. The molecule has 0 amide bonds. The summed E-state index contributed by atoms with van der Waals surface area (Å²) >= 11 is 0. The van der Waals surface area contributed by atoms with Crippen LogP contribution in [0.4, 0.5) is 5.69 Å². The molecule has 0 radical (unpaired) electrons. The molecule has 0 spiro atoms. The zero-order valence-electron chi connectivity index (χ0n) is 15.9. The molecule has 0 saturated carbocycles. The van der Waals surface area contributed by atoms with Crippen LogP contribution in [0.15, 0.2) is 72.9 Å². The number of carbonyl (C=O) groups excluding carboxylic acids is 1. The molecule has 4 heteroatoms. The zero-order chi connectivity index (χ0) is 18.6. The summed E-state index contributed by atoms with van der Waals surface area (Å²) in [5.41, 5.74) is 3.80. The lowest BCUT2D eigenvalue weighted by atomic mass is 9.81. The number of para-hydroxylation sites is 2. The summed E-state index contributed by atoms with van der Waals surface area (Å²) in [6.45, 7) is 7.35. The van der Waals surface area contributed by atoms with E-state index >= 15 is 0 Å². The van der Waals surface area contributed by atoms with Crippen molar-refractivity contribution >= 4 is 46.5 Å². The van der Waals surface area contributed by atoms with Crippen molar-refractivity contribution in [3.8, 4) is 0 Å². The third kappa shape index (κ3) is 4.40. The highest BCUT2D eigenvalue weighted by Crippen LogP contribution is 2.44. The van der Waals surface area contributed by atoms with Gasteiger partial charge >= 0.3 is 0 Å². The summed E-state index contributed by atoms with van der Waals surface area (Å²) in [5, 5.41) is 1.20. The van der Waals surface area contributed by atoms with E-state index in [0.29, 0.717) is 12.6 Å². The lowest BCUT2D eigenvalue weighted by molar-refractivity contribution is 0.448. The van der Waals surface area contributed by atoms with Crippen LogP contribution in [0.25, 0.3) is 10.9 Å². The summed E-state index contributed by atoms with van der Waals surface area (Å²) in [7, 11) is 0. The summed E-state index contributed by atoms with van der Waals surface area (Å²) in [5.74, 6) is 1.86.